The van der Waals surface area contributed by atoms with E-state index < -0.39 is 0 Å². The van der Waals surface area contributed by atoms with Gasteiger partial charge in [0.1, 0.15) is 11.3 Å². The van der Waals surface area contributed by atoms with E-state index in [-0.39, 0.29) is 5.95 Å². The molecule has 0 saturated carbocycles. The van der Waals surface area contributed by atoms with Crippen molar-refractivity contribution in [3.63, 3.8) is 0 Å². The topological polar surface area (TPSA) is 90.7 Å². The lowest BCUT2D eigenvalue weighted by Crippen LogP contribution is -1.99. The van der Waals surface area contributed by atoms with E-state index >= 15 is 0 Å². The molecule has 2 N–H and O–H groups in total. The van der Waals surface area contributed by atoms with E-state index in [0.717, 1.165) is 33.7 Å². The lowest BCUT2D eigenvalue weighted by atomic mass is 10.0. The van der Waals surface area contributed by atoms with Crippen molar-refractivity contribution in [3.05, 3.63) is 29.2 Å². The van der Waals surface area contributed by atoms with Gasteiger partial charge in [0.2, 0.25) is 5.95 Å². The Hall–Kier alpha value is -2.50. The molecule has 0 saturated heterocycles. The van der Waals surface area contributed by atoms with E-state index in [1.807, 2.05) is 32.9 Å². The number of anilines is 1. The molecule has 3 aromatic rings. The number of nitrogen functional groups attached to an aromatic ring is 1. The third-order valence-electron chi connectivity index (χ3n) is 3.09. The summed E-state index contributed by atoms with van der Waals surface area (Å²) in [5.41, 5.74) is 10.9. The number of fused-ring (bicyclic) bond motifs is 1. The third kappa shape index (κ3) is 1.81. The maximum atomic E-state index is 5.56. The quantitative estimate of drug-likeness (QED) is 0.716. The monoisotopic (exact) mass is 255 g/mol. The Morgan fingerprint density at radius 3 is 2.58 bits per heavy atom. The van der Waals surface area contributed by atoms with Gasteiger partial charge in [-0.05, 0) is 44.0 Å². The van der Waals surface area contributed by atoms with E-state index in [4.69, 9.17) is 10.3 Å². The Bertz CT molecular complexity index is 759. The summed E-state index contributed by atoms with van der Waals surface area (Å²) in [7, 11) is 0. The largest absolute Gasteiger partial charge is 0.366 e. The fourth-order valence-corrected chi connectivity index (χ4v) is 2.26. The minimum Gasteiger partial charge on any atom is -0.366 e. The highest BCUT2D eigenvalue weighted by molar-refractivity contribution is 5.85. The van der Waals surface area contributed by atoms with Crippen molar-refractivity contribution in [1.82, 2.24) is 20.3 Å². The van der Waals surface area contributed by atoms with Crippen molar-refractivity contribution >= 4 is 17.0 Å². The van der Waals surface area contributed by atoms with Crippen molar-refractivity contribution in [2.24, 2.45) is 0 Å². The van der Waals surface area contributed by atoms with Crippen molar-refractivity contribution in [3.8, 4) is 11.1 Å². The summed E-state index contributed by atoms with van der Waals surface area (Å²) in [4.78, 5) is 4.21. The normalized spacial score (nSPS) is 11.1. The molecule has 0 amide bonds. The maximum absolute atomic E-state index is 5.56. The molecule has 96 valence electrons. The molecular weight excluding hydrogens is 242 g/mol. The summed E-state index contributed by atoms with van der Waals surface area (Å²) >= 11 is 0. The Balaban J connectivity index is 2.30. The van der Waals surface area contributed by atoms with Gasteiger partial charge in [0, 0.05) is 5.56 Å². The van der Waals surface area contributed by atoms with Gasteiger partial charge >= 0.3 is 0 Å². The lowest BCUT2D eigenvalue weighted by molar-refractivity contribution is 0.393. The third-order valence-corrected chi connectivity index (χ3v) is 3.09. The first-order valence-corrected chi connectivity index (χ1v) is 5.90. The molecule has 1 aromatic carbocycles. The van der Waals surface area contributed by atoms with Gasteiger partial charge in [-0.3, -0.25) is 0 Å². The molecule has 0 radical (unpaired) electrons. The molecule has 6 heteroatoms. The van der Waals surface area contributed by atoms with Crippen LogP contribution in [-0.4, -0.2) is 20.3 Å². The fourth-order valence-electron chi connectivity index (χ4n) is 2.26. The highest BCUT2D eigenvalue weighted by Gasteiger charge is 2.14. The highest BCUT2D eigenvalue weighted by Crippen LogP contribution is 2.30. The number of nitrogens with zero attached hydrogens (tertiary/aromatic N) is 4. The van der Waals surface area contributed by atoms with E-state index in [9.17, 15) is 0 Å². The number of benzene rings is 1. The summed E-state index contributed by atoms with van der Waals surface area (Å²) in [6.07, 6.45) is 0. The van der Waals surface area contributed by atoms with Gasteiger partial charge in [-0.1, -0.05) is 5.16 Å². The van der Waals surface area contributed by atoms with Crippen LogP contribution in [0.4, 0.5) is 5.95 Å². The number of hydrogen-bond acceptors (Lipinski definition) is 6. The Morgan fingerprint density at radius 1 is 1.11 bits per heavy atom. The van der Waals surface area contributed by atoms with Crippen LogP contribution < -0.4 is 5.73 Å². The van der Waals surface area contributed by atoms with E-state index in [1.165, 1.54) is 0 Å². The molecule has 0 spiro atoms. The zero-order valence-electron chi connectivity index (χ0n) is 10.9. The van der Waals surface area contributed by atoms with Gasteiger partial charge < -0.3 is 10.3 Å². The summed E-state index contributed by atoms with van der Waals surface area (Å²) in [5.74, 6) is 0.966. The Morgan fingerprint density at radius 2 is 1.89 bits per heavy atom. The summed E-state index contributed by atoms with van der Waals surface area (Å²) in [6, 6.07) is 3.96. The number of aromatic nitrogens is 4. The zero-order valence-corrected chi connectivity index (χ0v) is 10.9. The summed E-state index contributed by atoms with van der Waals surface area (Å²) < 4.78 is 5.20. The minimum atomic E-state index is 0.181. The number of hydrogen-bond donors (Lipinski definition) is 1. The van der Waals surface area contributed by atoms with Crippen LogP contribution in [0.15, 0.2) is 16.7 Å². The predicted molar refractivity (Wildman–Crippen MR) is 71.5 cm³/mol. The number of aryl methyl sites for hydroxylation is 3. The average molecular weight is 255 g/mol. The van der Waals surface area contributed by atoms with E-state index in [1.54, 1.807) is 0 Å². The number of rotatable bonds is 1. The molecular formula is C13H13N5O. The average Bonchev–Trinajstić information content (AvgIpc) is 2.70. The predicted octanol–water partition coefficient (Wildman–Crippen LogP) is 2.19. The van der Waals surface area contributed by atoms with Crippen LogP contribution in [-0.2, 0) is 0 Å². The van der Waals surface area contributed by atoms with Crippen LogP contribution in [0.5, 0.6) is 0 Å². The van der Waals surface area contributed by atoms with Gasteiger partial charge in [0.25, 0.3) is 0 Å². The van der Waals surface area contributed by atoms with Gasteiger partial charge in [0.15, 0.2) is 0 Å². The first-order valence-electron chi connectivity index (χ1n) is 5.90. The molecule has 0 fully saturated rings. The Kier molecular flexibility index (Phi) is 2.45. The minimum absolute atomic E-state index is 0.181. The molecule has 3 rings (SSSR count). The van der Waals surface area contributed by atoms with Crippen LogP contribution in [0, 0.1) is 20.8 Å². The van der Waals surface area contributed by atoms with Gasteiger partial charge in [-0.25, -0.2) is 4.98 Å². The second-order valence-corrected chi connectivity index (χ2v) is 4.53. The van der Waals surface area contributed by atoms with Gasteiger partial charge in [-0.15, -0.1) is 10.2 Å². The molecule has 0 atom stereocenters. The molecule has 2 aromatic heterocycles. The van der Waals surface area contributed by atoms with Crippen molar-refractivity contribution in [1.29, 1.82) is 0 Å². The first kappa shape index (κ1) is 11.6. The lowest BCUT2D eigenvalue weighted by Gasteiger charge is -2.05. The maximum Gasteiger partial charge on any atom is 0.240 e. The van der Waals surface area contributed by atoms with Crippen LogP contribution in [0.25, 0.3) is 22.2 Å². The second kappa shape index (κ2) is 4.01. The van der Waals surface area contributed by atoms with Crippen LogP contribution in [0.3, 0.4) is 0 Å². The van der Waals surface area contributed by atoms with Crippen LogP contribution in [0.2, 0.25) is 0 Å². The Labute approximate surface area is 109 Å². The zero-order chi connectivity index (χ0) is 13.6. The molecule has 0 aliphatic rings. The van der Waals surface area contributed by atoms with Gasteiger partial charge in [0.05, 0.1) is 11.2 Å². The molecule has 0 bridgehead atoms. The fraction of sp³-hybridized carbons (Fsp3) is 0.231. The van der Waals surface area contributed by atoms with Gasteiger partial charge in [-0.2, -0.15) is 0 Å². The SMILES string of the molecule is Cc1noc(C)c1-c1cc(C)c2nc(N)nnc2c1. The van der Waals surface area contributed by atoms with Crippen LogP contribution in [0.1, 0.15) is 17.0 Å². The summed E-state index contributed by atoms with van der Waals surface area (Å²) in [5, 5.41) is 11.8. The molecule has 2 heterocycles. The van der Waals surface area contributed by atoms with E-state index in [2.05, 4.69) is 20.3 Å². The van der Waals surface area contributed by atoms with Crippen molar-refractivity contribution in [2.45, 2.75) is 20.8 Å². The van der Waals surface area contributed by atoms with Crippen LogP contribution >= 0.6 is 0 Å². The molecule has 0 aliphatic carbocycles. The summed E-state index contributed by atoms with van der Waals surface area (Å²) in [6.45, 7) is 5.78. The van der Waals surface area contributed by atoms with Crippen molar-refractivity contribution in [2.75, 3.05) is 5.73 Å². The molecule has 6 nitrogen and oxygen atoms in total. The molecule has 0 aliphatic heterocycles. The molecule has 0 unspecified atom stereocenters. The van der Waals surface area contributed by atoms with Crippen molar-refractivity contribution < 1.29 is 4.52 Å². The molecule has 19 heavy (non-hydrogen) atoms. The first-order chi connectivity index (χ1) is 9.06. The standard InChI is InChI=1S/C13H13N5O/c1-6-4-9(11-7(2)18-19-8(11)3)5-10-12(6)15-13(14)17-16-10/h4-5H,1-3H3,(H2,14,15,17). The number of nitrogens with two attached hydrogens (primary N) is 1. The smallest absolute Gasteiger partial charge is 0.240 e. The highest BCUT2D eigenvalue weighted by atomic mass is 16.5. The second-order valence-electron chi connectivity index (χ2n) is 4.53. The van der Waals surface area contributed by atoms with E-state index in [0.29, 0.717) is 5.52 Å².